The Morgan fingerprint density at radius 1 is 1.32 bits per heavy atom. The largest absolute Gasteiger partial charge is 0.502 e. The van der Waals surface area contributed by atoms with Crippen molar-refractivity contribution in [2.45, 2.75) is 0 Å². The topological polar surface area (TPSA) is 103 Å². The van der Waals surface area contributed by atoms with Crippen LogP contribution in [0.25, 0.3) is 11.3 Å². The van der Waals surface area contributed by atoms with E-state index in [4.69, 9.17) is 21.1 Å². The van der Waals surface area contributed by atoms with Crippen LogP contribution in [0.15, 0.2) is 22.6 Å². The van der Waals surface area contributed by atoms with Crippen molar-refractivity contribution in [1.29, 1.82) is 0 Å². The van der Waals surface area contributed by atoms with Crippen LogP contribution in [0, 0.1) is 5.82 Å². The van der Waals surface area contributed by atoms with Gasteiger partial charge >= 0.3 is 6.09 Å². The van der Waals surface area contributed by atoms with Crippen molar-refractivity contribution in [2.75, 3.05) is 5.32 Å². The Bertz CT molecular complexity index is 655. The average Bonchev–Trinajstić information content (AvgIpc) is 2.57. The number of carbonyl (C=O) groups is 1. The van der Waals surface area contributed by atoms with E-state index < -0.39 is 35.1 Å². The monoisotopic (exact) mass is 287 g/mol. The molecule has 0 aliphatic carbocycles. The van der Waals surface area contributed by atoms with Crippen molar-refractivity contribution in [3.8, 4) is 22.8 Å². The predicted molar refractivity (Wildman–Crippen MR) is 64.1 cm³/mol. The molecule has 0 aliphatic heterocycles. The van der Waals surface area contributed by atoms with E-state index in [0.29, 0.717) is 0 Å². The van der Waals surface area contributed by atoms with E-state index in [1.807, 2.05) is 0 Å². The molecule has 0 fully saturated rings. The normalized spacial score (nSPS) is 10.4. The van der Waals surface area contributed by atoms with E-state index in [1.54, 1.807) is 5.32 Å². The first-order valence-corrected chi connectivity index (χ1v) is 5.28. The standard InChI is InChI=1S/C11H7ClFNO5/c12-4-1-2-5(6(13)3-4)9-7(15)8(16)10(19-9)14-11(17)18/h1-3,14-16H,(H,17,18). The smallest absolute Gasteiger partial charge is 0.411 e. The molecule has 0 radical (unpaired) electrons. The Morgan fingerprint density at radius 2 is 2.00 bits per heavy atom. The van der Waals surface area contributed by atoms with Gasteiger partial charge in [0, 0.05) is 5.02 Å². The number of amides is 1. The molecule has 1 aromatic carbocycles. The molecule has 8 heteroatoms. The summed E-state index contributed by atoms with van der Waals surface area (Å²) >= 11 is 5.58. The summed E-state index contributed by atoms with van der Waals surface area (Å²) in [7, 11) is 0. The summed E-state index contributed by atoms with van der Waals surface area (Å²) < 4.78 is 18.5. The maximum absolute atomic E-state index is 13.6. The third kappa shape index (κ3) is 2.41. The average molecular weight is 288 g/mol. The lowest BCUT2D eigenvalue weighted by Gasteiger charge is -2.00. The highest BCUT2D eigenvalue weighted by molar-refractivity contribution is 6.30. The molecule has 19 heavy (non-hydrogen) atoms. The minimum absolute atomic E-state index is 0.139. The quantitative estimate of drug-likeness (QED) is 0.679. The number of aromatic hydroxyl groups is 2. The van der Waals surface area contributed by atoms with Gasteiger partial charge in [0.15, 0.2) is 5.76 Å². The lowest BCUT2D eigenvalue weighted by atomic mass is 10.1. The number of anilines is 1. The number of hydrogen-bond acceptors (Lipinski definition) is 4. The minimum atomic E-state index is -1.51. The molecule has 6 nitrogen and oxygen atoms in total. The van der Waals surface area contributed by atoms with Crippen LogP contribution in [-0.4, -0.2) is 21.4 Å². The van der Waals surface area contributed by atoms with E-state index in [9.17, 15) is 19.4 Å². The fourth-order valence-corrected chi connectivity index (χ4v) is 1.61. The van der Waals surface area contributed by atoms with E-state index in [-0.39, 0.29) is 10.6 Å². The van der Waals surface area contributed by atoms with Gasteiger partial charge in [-0.25, -0.2) is 9.18 Å². The molecule has 2 aromatic rings. The molecule has 0 atom stereocenters. The Hall–Kier alpha value is -2.41. The number of furan rings is 1. The lowest BCUT2D eigenvalue weighted by Crippen LogP contribution is -2.06. The highest BCUT2D eigenvalue weighted by Gasteiger charge is 2.23. The lowest BCUT2D eigenvalue weighted by molar-refractivity contribution is 0.209. The fraction of sp³-hybridized carbons (Fsp3) is 0. The van der Waals surface area contributed by atoms with Gasteiger partial charge in [0.05, 0.1) is 5.56 Å². The molecule has 0 bridgehead atoms. The fourth-order valence-electron chi connectivity index (χ4n) is 1.45. The van der Waals surface area contributed by atoms with Gasteiger partial charge in [-0.1, -0.05) is 11.6 Å². The molecule has 4 N–H and O–H groups in total. The van der Waals surface area contributed by atoms with Gasteiger partial charge in [-0.15, -0.1) is 0 Å². The molecule has 2 rings (SSSR count). The highest BCUT2D eigenvalue weighted by atomic mass is 35.5. The van der Waals surface area contributed by atoms with Crippen molar-refractivity contribution < 1.29 is 28.9 Å². The minimum Gasteiger partial charge on any atom is -0.502 e. The van der Waals surface area contributed by atoms with E-state index in [0.717, 1.165) is 6.07 Å². The summed E-state index contributed by atoms with van der Waals surface area (Å²) in [5, 5.41) is 29.4. The van der Waals surface area contributed by atoms with Gasteiger partial charge in [-0.05, 0) is 18.2 Å². The van der Waals surface area contributed by atoms with Crippen LogP contribution in [0.5, 0.6) is 11.5 Å². The Balaban J connectivity index is 2.53. The van der Waals surface area contributed by atoms with Crippen molar-refractivity contribution >= 4 is 23.6 Å². The number of carboxylic acid groups (broad SMARTS) is 1. The number of rotatable bonds is 2. The second kappa shape index (κ2) is 4.69. The maximum Gasteiger partial charge on any atom is 0.411 e. The van der Waals surface area contributed by atoms with E-state index in [2.05, 4.69) is 0 Å². The zero-order valence-corrected chi connectivity index (χ0v) is 9.90. The molecule has 1 heterocycles. The summed E-state index contributed by atoms with van der Waals surface area (Å²) in [6, 6.07) is 3.56. The first-order valence-electron chi connectivity index (χ1n) is 4.90. The molecular weight excluding hydrogens is 281 g/mol. The predicted octanol–water partition coefficient (Wildman–Crippen LogP) is 3.24. The molecule has 0 unspecified atom stereocenters. The molecule has 1 amide bonds. The van der Waals surface area contributed by atoms with Crippen LogP contribution in [0.2, 0.25) is 5.02 Å². The van der Waals surface area contributed by atoms with Gasteiger partial charge < -0.3 is 19.7 Å². The van der Waals surface area contributed by atoms with Crippen LogP contribution in [-0.2, 0) is 0 Å². The van der Waals surface area contributed by atoms with E-state index >= 15 is 0 Å². The molecule has 100 valence electrons. The number of halogens is 2. The first-order chi connectivity index (χ1) is 8.90. The van der Waals surface area contributed by atoms with Gasteiger partial charge in [-0.2, -0.15) is 0 Å². The van der Waals surface area contributed by atoms with Crippen molar-refractivity contribution in [3.63, 3.8) is 0 Å². The second-order valence-electron chi connectivity index (χ2n) is 3.51. The van der Waals surface area contributed by atoms with Crippen molar-refractivity contribution in [1.82, 2.24) is 0 Å². The molecule has 0 saturated heterocycles. The number of benzene rings is 1. The van der Waals surface area contributed by atoms with E-state index in [1.165, 1.54) is 12.1 Å². The van der Waals surface area contributed by atoms with Crippen LogP contribution in [0.4, 0.5) is 15.1 Å². The zero-order valence-electron chi connectivity index (χ0n) is 9.15. The van der Waals surface area contributed by atoms with Crippen LogP contribution >= 0.6 is 11.6 Å². The molecule has 1 aromatic heterocycles. The second-order valence-corrected chi connectivity index (χ2v) is 3.95. The van der Waals surface area contributed by atoms with Gasteiger partial charge in [0.2, 0.25) is 17.4 Å². The Kier molecular flexibility index (Phi) is 3.22. The van der Waals surface area contributed by atoms with Gasteiger partial charge in [0.25, 0.3) is 0 Å². The Labute approximate surface area is 110 Å². The van der Waals surface area contributed by atoms with Crippen LogP contribution in [0.3, 0.4) is 0 Å². The summed E-state index contributed by atoms with van der Waals surface area (Å²) in [5.41, 5.74) is -0.171. The molecule has 0 aliphatic rings. The Morgan fingerprint density at radius 3 is 2.58 bits per heavy atom. The zero-order chi connectivity index (χ0) is 14.2. The number of hydrogen-bond donors (Lipinski definition) is 4. The molecule has 0 spiro atoms. The van der Waals surface area contributed by atoms with Crippen molar-refractivity contribution in [3.05, 3.63) is 29.0 Å². The summed E-state index contributed by atoms with van der Waals surface area (Å²) in [6.07, 6.45) is -1.51. The third-order valence-electron chi connectivity index (χ3n) is 2.25. The SMILES string of the molecule is O=C(O)Nc1oc(-c2ccc(Cl)cc2F)c(O)c1O. The number of nitrogens with one attached hydrogen (secondary N) is 1. The first kappa shape index (κ1) is 13.0. The molecular formula is C11H7ClFNO5. The molecule has 0 saturated carbocycles. The third-order valence-corrected chi connectivity index (χ3v) is 2.49. The summed E-state index contributed by atoms with van der Waals surface area (Å²) in [4.78, 5) is 10.4. The van der Waals surface area contributed by atoms with Gasteiger partial charge in [0.1, 0.15) is 5.82 Å². The summed E-state index contributed by atoms with van der Waals surface area (Å²) in [5.74, 6) is -3.40. The van der Waals surface area contributed by atoms with Crippen LogP contribution in [0.1, 0.15) is 0 Å². The van der Waals surface area contributed by atoms with Crippen LogP contribution < -0.4 is 5.32 Å². The summed E-state index contributed by atoms with van der Waals surface area (Å²) in [6.45, 7) is 0. The highest BCUT2D eigenvalue weighted by Crippen LogP contribution is 2.45. The maximum atomic E-state index is 13.6. The van der Waals surface area contributed by atoms with Crippen molar-refractivity contribution in [2.24, 2.45) is 0 Å². The van der Waals surface area contributed by atoms with Gasteiger partial charge in [-0.3, -0.25) is 5.32 Å².